The minimum absolute atomic E-state index is 0.148. The van der Waals surface area contributed by atoms with Crippen molar-refractivity contribution in [2.75, 3.05) is 0 Å². The first kappa shape index (κ1) is 29.1. The molecule has 0 aromatic heterocycles. The van der Waals surface area contributed by atoms with Crippen LogP contribution in [-0.2, 0) is 4.74 Å². The molecule has 4 aliphatic rings. The zero-order chi connectivity index (χ0) is 28.2. The summed E-state index contributed by atoms with van der Waals surface area (Å²) >= 11 is 0. The summed E-state index contributed by atoms with van der Waals surface area (Å²) in [6.45, 7) is 10.8. The second-order valence-electron chi connectivity index (χ2n) is 14.9. The van der Waals surface area contributed by atoms with E-state index in [1.165, 1.54) is 25.7 Å². The first-order chi connectivity index (χ1) is 18.3. The number of fused-ring (bicyclic) bond motifs is 5. The molecule has 218 valence electrons. The summed E-state index contributed by atoms with van der Waals surface area (Å²) in [5.41, 5.74) is -0.180. The van der Waals surface area contributed by atoms with Crippen molar-refractivity contribution in [2.24, 2.45) is 46.3 Å². The zero-order valence-electron chi connectivity index (χ0n) is 24.8. The lowest BCUT2D eigenvalue weighted by molar-refractivity contribution is -0.172. The second kappa shape index (κ2) is 10.8. The molecule has 5 rings (SSSR count). The van der Waals surface area contributed by atoms with E-state index in [2.05, 4.69) is 20.8 Å². The predicted molar refractivity (Wildman–Crippen MR) is 153 cm³/mol. The summed E-state index contributed by atoms with van der Waals surface area (Å²) < 4.78 is 5.86. The Labute approximate surface area is 235 Å². The van der Waals surface area contributed by atoms with E-state index in [1.807, 2.05) is 18.2 Å². The van der Waals surface area contributed by atoms with E-state index in [4.69, 9.17) is 4.74 Å². The fraction of sp³-hybridized carbons (Fsp3) is 0.794. The highest BCUT2D eigenvalue weighted by atomic mass is 16.6. The lowest BCUT2D eigenvalue weighted by Gasteiger charge is -2.62. The summed E-state index contributed by atoms with van der Waals surface area (Å²) in [7, 11) is 0. The van der Waals surface area contributed by atoms with Crippen LogP contribution in [0, 0.1) is 46.3 Å². The molecule has 5 heteroatoms. The van der Waals surface area contributed by atoms with E-state index in [9.17, 15) is 20.1 Å². The zero-order valence-corrected chi connectivity index (χ0v) is 24.8. The van der Waals surface area contributed by atoms with Crippen LogP contribution in [0.1, 0.15) is 109 Å². The van der Waals surface area contributed by atoms with E-state index >= 15 is 0 Å². The predicted octanol–water partition coefficient (Wildman–Crippen LogP) is 6.39. The maximum absolute atomic E-state index is 12.8. The number of ether oxygens (including phenoxy) is 1. The van der Waals surface area contributed by atoms with Gasteiger partial charge in [-0.15, -0.1) is 0 Å². The minimum atomic E-state index is -1.11. The van der Waals surface area contributed by atoms with Crippen LogP contribution in [0.5, 0.6) is 0 Å². The van der Waals surface area contributed by atoms with Crippen molar-refractivity contribution in [2.45, 2.75) is 123 Å². The van der Waals surface area contributed by atoms with Gasteiger partial charge in [0.2, 0.25) is 0 Å². The highest BCUT2D eigenvalue weighted by Crippen LogP contribution is 2.68. The monoisotopic (exact) mass is 540 g/mol. The molecule has 11 atom stereocenters. The molecule has 5 nitrogen and oxygen atoms in total. The van der Waals surface area contributed by atoms with Gasteiger partial charge in [-0.1, -0.05) is 39.0 Å². The number of esters is 1. The molecule has 0 unspecified atom stereocenters. The third-order valence-corrected chi connectivity index (χ3v) is 12.3. The molecular weight excluding hydrogens is 488 g/mol. The fourth-order valence-electron chi connectivity index (χ4n) is 10.2. The molecule has 4 aliphatic carbocycles. The molecule has 0 aliphatic heterocycles. The van der Waals surface area contributed by atoms with Gasteiger partial charge in [0.25, 0.3) is 0 Å². The van der Waals surface area contributed by atoms with E-state index < -0.39 is 11.7 Å². The summed E-state index contributed by atoms with van der Waals surface area (Å²) in [5, 5.41) is 32.5. The Morgan fingerprint density at radius 2 is 1.62 bits per heavy atom. The number of carbonyl (C=O) groups is 1. The van der Waals surface area contributed by atoms with Gasteiger partial charge < -0.3 is 20.1 Å². The first-order valence-corrected chi connectivity index (χ1v) is 15.7. The normalized spacial score (nSPS) is 41.6. The van der Waals surface area contributed by atoms with Crippen molar-refractivity contribution in [3.63, 3.8) is 0 Å². The topological polar surface area (TPSA) is 87.0 Å². The summed E-state index contributed by atoms with van der Waals surface area (Å²) in [6.07, 6.45) is 8.97. The molecule has 0 spiro atoms. The highest BCUT2D eigenvalue weighted by Gasteiger charge is 2.62. The van der Waals surface area contributed by atoms with E-state index in [-0.39, 0.29) is 34.9 Å². The van der Waals surface area contributed by atoms with Crippen LogP contribution in [0.15, 0.2) is 30.3 Å². The number of aliphatic hydroxyl groups excluding tert-OH is 2. The number of carbonyl (C=O) groups excluding carboxylic acids is 1. The molecular formula is C34H52O5. The molecule has 1 aromatic carbocycles. The van der Waals surface area contributed by atoms with Crippen molar-refractivity contribution in [1.29, 1.82) is 0 Å². The Kier molecular flexibility index (Phi) is 8.02. The Hall–Kier alpha value is -1.43. The van der Waals surface area contributed by atoms with Crippen molar-refractivity contribution in [1.82, 2.24) is 0 Å². The standard InChI is InChI=1S/C34H52O5/c1-21(11-14-30(32(2,3)38)39-31(37)22-9-7-6-8-10-22)25-12-13-26-24-20-29(36)28-19-23(35)15-17-34(28,5)27(24)16-18-33(25,26)4/h6-10,21,23-30,35-36,38H,11-20H2,1-5H3/t21-,23-,24+,25-,26+,27+,28+,29+,30-,33-,34-/m1/s1. The van der Waals surface area contributed by atoms with Crippen LogP contribution in [0.25, 0.3) is 0 Å². The first-order valence-electron chi connectivity index (χ1n) is 15.7. The second-order valence-corrected chi connectivity index (χ2v) is 14.9. The molecule has 3 N–H and O–H groups in total. The smallest absolute Gasteiger partial charge is 0.338 e. The summed E-state index contributed by atoms with van der Waals surface area (Å²) in [5.74, 6) is 2.81. The quantitative estimate of drug-likeness (QED) is 0.349. The fourth-order valence-corrected chi connectivity index (χ4v) is 10.2. The number of rotatable bonds is 7. The number of hydrogen-bond acceptors (Lipinski definition) is 5. The van der Waals surface area contributed by atoms with Crippen molar-refractivity contribution in [3.8, 4) is 0 Å². The van der Waals surface area contributed by atoms with Crippen LogP contribution in [-0.4, -0.2) is 45.2 Å². The average Bonchev–Trinajstić information content (AvgIpc) is 3.24. The van der Waals surface area contributed by atoms with Gasteiger partial charge in [-0.05, 0) is 137 Å². The van der Waals surface area contributed by atoms with Crippen LogP contribution in [0.4, 0.5) is 0 Å². The van der Waals surface area contributed by atoms with Gasteiger partial charge in [-0.2, -0.15) is 0 Å². The number of benzene rings is 1. The van der Waals surface area contributed by atoms with Gasteiger partial charge in [0.15, 0.2) is 0 Å². The van der Waals surface area contributed by atoms with E-state index in [0.717, 1.165) is 32.1 Å². The van der Waals surface area contributed by atoms with Gasteiger partial charge in [0.05, 0.1) is 23.4 Å². The molecule has 0 amide bonds. The molecule has 0 radical (unpaired) electrons. The van der Waals surface area contributed by atoms with Crippen LogP contribution >= 0.6 is 0 Å². The Morgan fingerprint density at radius 1 is 0.949 bits per heavy atom. The van der Waals surface area contributed by atoms with E-state index in [0.29, 0.717) is 41.6 Å². The maximum Gasteiger partial charge on any atom is 0.338 e. The van der Waals surface area contributed by atoms with Crippen molar-refractivity contribution in [3.05, 3.63) is 35.9 Å². The third kappa shape index (κ3) is 5.33. The minimum Gasteiger partial charge on any atom is -0.456 e. The van der Waals surface area contributed by atoms with Gasteiger partial charge in [-0.3, -0.25) is 0 Å². The summed E-state index contributed by atoms with van der Waals surface area (Å²) in [6, 6.07) is 9.03. The Morgan fingerprint density at radius 3 is 2.31 bits per heavy atom. The number of hydrogen-bond donors (Lipinski definition) is 3. The van der Waals surface area contributed by atoms with Crippen LogP contribution in [0.2, 0.25) is 0 Å². The van der Waals surface area contributed by atoms with Gasteiger partial charge in [0.1, 0.15) is 6.10 Å². The molecule has 4 saturated carbocycles. The van der Waals surface area contributed by atoms with Gasteiger partial charge in [-0.25, -0.2) is 4.79 Å². The lowest BCUT2D eigenvalue weighted by atomic mass is 9.43. The molecule has 39 heavy (non-hydrogen) atoms. The maximum atomic E-state index is 12.8. The highest BCUT2D eigenvalue weighted by molar-refractivity contribution is 5.89. The van der Waals surface area contributed by atoms with Crippen molar-refractivity contribution < 1.29 is 24.9 Å². The summed E-state index contributed by atoms with van der Waals surface area (Å²) in [4.78, 5) is 12.8. The van der Waals surface area contributed by atoms with Gasteiger partial charge >= 0.3 is 5.97 Å². The van der Waals surface area contributed by atoms with Gasteiger partial charge in [0, 0.05) is 0 Å². The lowest BCUT2D eigenvalue weighted by Crippen LogP contribution is -2.58. The number of aliphatic hydroxyl groups is 3. The molecule has 1 aromatic rings. The largest absolute Gasteiger partial charge is 0.456 e. The molecule has 0 heterocycles. The Balaban J connectivity index is 1.26. The van der Waals surface area contributed by atoms with E-state index in [1.54, 1.807) is 26.0 Å². The molecule has 4 fully saturated rings. The molecule has 0 saturated heterocycles. The average molecular weight is 541 g/mol. The SMILES string of the molecule is C[C@H](CC[C@@H](OC(=O)c1ccccc1)C(C)(C)O)[C@H]1CC[C@H]2[C@@H]3C[C@H](O)[C@@H]4C[C@H](O)CC[C@]4(C)[C@H]3CC[C@]12C. The Bertz CT molecular complexity index is 1000. The molecule has 0 bridgehead atoms. The third-order valence-electron chi connectivity index (χ3n) is 12.3. The van der Waals surface area contributed by atoms with Crippen LogP contribution in [0.3, 0.4) is 0 Å². The van der Waals surface area contributed by atoms with Crippen LogP contribution < -0.4 is 0 Å². The van der Waals surface area contributed by atoms with Crippen molar-refractivity contribution >= 4 is 5.97 Å².